The first-order valence-electron chi connectivity index (χ1n) is 6.39. The summed E-state index contributed by atoms with van der Waals surface area (Å²) >= 11 is 0. The molecule has 0 bridgehead atoms. The maximum atomic E-state index is 9.51. The Morgan fingerprint density at radius 3 is 3.00 bits per heavy atom. The molecule has 18 heavy (non-hydrogen) atoms. The molecule has 1 heterocycles. The molecule has 0 radical (unpaired) electrons. The average molecular weight is 251 g/mol. The molecule has 2 rings (SSSR count). The van der Waals surface area contributed by atoms with Crippen LogP contribution in [-0.4, -0.2) is 31.5 Å². The van der Waals surface area contributed by atoms with Crippen LogP contribution in [0.5, 0.6) is 11.5 Å². The summed E-state index contributed by atoms with van der Waals surface area (Å²) in [4.78, 5) is 0. The van der Waals surface area contributed by atoms with Crippen LogP contribution in [0, 0.1) is 5.92 Å². The van der Waals surface area contributed by atoms with Gasteiger partial charge in [0.15, 0.2) is 11.5 Å². The second-order valence-corrected chi connectivity index (χ2v) is 4.76. The van der Waals surface area contributed by atoms with E-state index in [4.69, 9.17) is 9.47 Å². The molecule has 2 N–H and O–H groups in total. The Balaban J connectivity index is 1.83. The van der Waals surface area contributed by atoms with Gasteiger partial charge in [-0.2, -0.15) is 0 Å². The van der Waals surface area contributed by atoms with Crippen LogP contribution in [0.15, 0.2) is 18.2 Å². The van der Waals surface area contributed by atoms with Crippen LogP contribution in [0.4, 0.5) is 0 Å². The predicted octanol–water partition coefficient (Wildman–Crippen LogP) is 1.92. The minimum atomic E-state index is 0.180. The Morgan fingerprint density at radius 1 is 1.50 bits per heavy atom. The van der Waals surface area contributed by atoms with Gasteiger partial charge in [-0.05, 0) is 37.0 Å². The standard InChI is InChI=1S/C14H21NO3/c1-10-12(5-6-18-10)9-15-8-11-3-4-13(16)14(7-11)17-2/h3-4,7,10,12,15-16H,5-6,8-9H2,1-2H3. The molecule has 1 aromatic rings. The lowest BCUT2D eigenvalue weighted by Gasteiger charge is -2.15. The number of benzene rings is 1. The summed E-state index contributed by atoms with van der Waals surface area (Å²) in [6, 6.07) is 5.42. The van der Waals surface area contributed by atoms with E-state index < -0.39 is 0 Å². The van der Waals surface area contributed by atoms with E-state index in [0.717, 1.165) is 31.7 Å². The van der Waals surface area contributed by atoms with Crippen molar-refractivity contribution in [2.45, 2.75) is 26.0 Å². The molecule has 2 atom stereocenters. The second-order valence-electron chi connectivity index (χ2n) is 4.76. The molecule has 1 aliphatic rings. The number of aromatic hydroxyl groups is 1. The lowest BCUT2D eigenvalue weighted by atomic mass is 10.0. The minimum Gasteiger partial charge on any atom is -0.504 e. The van der Waals surface area contributed by atoms with Gasteiger partial charge in [0.1, 0.15) is 0 Å². The topological polar surface area (TPSA) is 50.7 Å². The van der Waals surface area contributed by atoms with Crippen LogP contribution in [0.25, 0.3) is 0 Å². The minimum absolute atomic E-state index is 0.180. The summed E-state index contributed by atoms with van der Waals surface area (Å²) in [5, 5.41) is 12.9. The van der Waals surface area contributed by atoms with Gasteiger partial charge in [-0.15, -0.1) is 0 Å². The number of rotatable bonds is 5. The van der Waals surface area contributed by atoms with E-state index in [1.54, 1.807) is 13.2 Å². The average Bonchev–Trinajstić information content (AvgIpc) is 2.77. The molecule has 4 heteroatoms. The summed E-state index contributed by atoms with van der Waals surface area (Å²) in [6.45, 7) is 4.74. The Morgan fingerprint density at radius 2 is 2.33 bits per heavy atom. The number of phenolic OH excluding ortho intramolecular Hbond substituents is 1. The van der Waals surface area contributed by atoms with Gasteiger partial charge in [0, 0.05) is 19.7 Å². The molecule has 0 aromatic heterocycles. The lowest BCUT2D eigenvalue weighted by Crippen LogP contribution is -2.26. The first kappa shape index (κ1) is 13.2. The van der Waals surface area contributed by atoms with Crippen molar-refractivity contribution in [3.05, 3.63) is 23.8 Å². The number of methoxy groups -OCH3 is 1. The Labute approximate surface area is 108 Å². The van der Waals surface area contributed by atoms with Crippen molar-refractivity contribution in [3.8, 4) is 11.5 Å². The van der Waals surface area contributed by atoms with E-state index in [9.17, 15) is 5.11 Å². The number of phenols is 1. The molecule has 0 aliphatic carbocycles. The van der Waals surface area contributed by atoms with E-state index in [0.29, 0.717) is 17.8 Å². The molecular weight excluding hydrogens is 230 g/mol. The lowest BCUT2D eigenvalue weighted by molar-refractivity contribution is 0.105. The van der Waals surface area contributed by atoms with Crippen molar-refractivity contribution >= 4 is 0 Å². The van der Waals surface area contributed by atoms with Gasteiger partial charge in [-0.3, -0.25) is 0 Å². The smallest absolute Gasteiger partial charge is 0.160 e. The monoisotopic (exact) mass is 251 g/mol. The predicted molar refractivity (Wildman–Crippen MR) is 69.9 cm³/mol. The van der Waals surface area contributed by atoms with E-state index in [1.807, 2.05) is 12.1 Å². The molecule has 1 saturated heterocycles. The zero-order valence-corrected chi connectivity index (χ0v) is 11.0. The van der Waals surface area contributed by atoms with Gasteiger partial charge in [-0.25, -0.2) is 0 Å². The molecule has 2 unspecified atom stereocenters. The molecule has 0 amide bonds. The molecule has 1 aromatic carbocycles. The zero-order valence-electron chi connectivity index (χ0n) is 11.0. The van der Waals surface area contributed by atoms with Crippen molar-refractivity contribution < 1.29 is 14.6 Å². The maximum Gasteiger partial charge on any atom is 0.160 e. The van der Waals surface area contributed by atoms with E-state index >= 15 is 0 Å². The number of nitrogens with one attached hydrogen (secondary N) is 1. The Kier molecular flexibility index (Phi) is 4.44. The summed E-state index contributed by atoms with van der Waals surface area (Å²) in [7, 11) is 1.56. The summed E-state index contributed by atoms with van der Waals surface area (Å²) in [5.41, 5.74) is 1.11. The van der Waals surface area contributed by atoms with Gasteiger partial charge in [0.25, 0.3) is 0 Å². The number of hydrogen-bond acceptors (Lipinski definition) is 4. The highest BCUT2D eigenvalue weighted by Gasteiger charge is 2.23. The Hall–Kier alpha value is -1.26. The first-order valence-corrected chi connectivity index (χ1v) is 6.39. The summed E-state index contributed by atoms with van der Waals surface area (Å²) in [6.07, 6.45) is 1.49. The largest absolute Gasteiger partial charge is 0.504 e. The normalized spacial score (nSPS) is 23.2. The summed E-state index contributed by atoms with van der Waals surface area (Å²) in [5.74, 6) is 1.30. The molecule has 4 nitrogen and oxygen atoms in total. The SMILES string of the molecule is COc1cc(CNCC2CCOC2C)ccc1O. The highest BCUT2D eigenvalue weighted by Crippen LogP contribution is 2.26. The molecule has 1 aliphatic heterocycles. The third-order valence-electron chi connectivity index (χ3n) is 3.51. The third-order valence-corrected chi connectivity index (χ3v) is 3.51. The highest BCUT2D eigenvalue weighted by molar-refractivity contribution is 5.41. The van der Waals surface area contributed by atoms with Crippen LogP contribution < -0.4 is 10.1 Å². The van der Waals surface area contributed by atoms with E-state index in [-0.39, 0.29) is 5.75 Å². The van der Waals surface area contributed by atoms with Crippen LogP contribution in [0.1, 0.15) is 18.9 Å². The van der Waals surface area contributed by atoms with Gasteiger partial charge in [0.2, 0.25) is 0 Å². The van der Waals surface area contributed by atoms with Crippen LogP contribution in [0.2, 0.25) is 0 Å². The zero-order chi connectivity index (χ0) is 13.0. The van der Waals surface area contributed by atoms with Crippen LogP contribution in [0.3, 0.4) is 0 Å². The molecular formula is C14H21NO3. The van der Waals surface area contributed by atoms with Crippen molar-refractivity contribution in [2.75, 3.05) is 20.3 Å². The van der Waals surface area contributed by atoms with Crippen molar-refractivity contribution in [1.29, 1.82) is 0 Å². The van der Waals surface area contributed by atoms with Gasteiger partial charge in [-0.1, -0.05) is 6.07 Å². The molecule has 0 saturated carbocycles. The molecule has 100 valence electrons. The first-order chi connectivity index (χ1) is 8.70. The van der Waals surface area contributed by atoms with Crippen molar-refractivity contribution in [1.82, 2.24) is 5.32 Å². The fraction of sp³-hybridized carbons (Fsp3) is 0.571. The maximum absolute atomic E-state index is 9.51. The third kappa shape index (κ3) is 3.15. The van der Waals surface area contributed by atoms with Gasteiger partial charge in [0.05, 0.1) is 13.2 Å². The highest BCUT2D eigenvalue weighted by atomic mass is 16.5. The van der Waals surface area contributed by atoms with Crippen LogP contribution in [-0.2, 0) is 11.3 Å². The van der Waals surface area contributed by atoms with Crippen molar-refractivity contribution in [2.24, 2.45) is 5.92 Å². The molecule has 1 fully saturated rings. The molecule has 0 spiro atoms. The second kappa shape index (κ2) is 6.07. The fourth-order valence-electron chi connectivity index (χ4n) is 2.28. The van der Waals surface area contributed by atoms with Crippen LogP contribution >= 0.6 is 0 Å². The Bertz CT molecular complexity index is 395. The fourth-order valence-corrected chi connectivity index (χ4v) is 2.28. The number of ether oxygens (including phenoxy) is 2. The van der Waals surface area contributed by atoms with Crippen molar-refractivity contribution in [3.63, 3.8) is 0 Å². The van der Waals surface area contributed by atoms with E-state index in [1.165, 1.54) is 0 Å². The quantitative estimate of drug-likeness (QED) is 0.839. The number of hydrogen-bond donors (Lipinski definition) is 2. The summed E-state index contributed by atoms with van der Waals surface area (Å²) < 4.78 is 10.6. The van der Waals surface area contributed by atoms with Gasteiger partial charge >= 0.3 is 0 Å². The van der Waals surface area contributed by atoms with E-state index in [2.05, 4.69) is 12.2 Å². The van der Waals surface area contributed by atoms with Gasteiger partial charge < -0.3 is 19.9 Å².